The van der Waals surface area contributed by atoms with E-state index in [4.69, 9.17) is 16.3 Å². The van der Waals surface area contributed by atoms with Crippen LogP contribution in [0, 0.1) is 5.82 Å². The molecular weight excluding hydrogens is 273 g/mol. The van der Waals surface area contributed by atoms with Crippen molar-refractivity contribution in [3.63, 3.8) is 0 Å². The van der Waals surface area contributed by atoms with Gasteiger partial charge >= 0.3 is 11.9 Å². The lowest BCUT2D eigenvalue weighted by molar-refractivity contribution is -0.160. The molecule has 0 spiro atoms. The van der Waals surface area contributed by atoms with Crippen molar-refractivity contribution in [2.45, 2.75) is 25.3 Å². The van der Waals surface area contributed by atoms with Crippen LogP contribution in [0.1, 0.15) is 18.4 Å². The van der Waals surface area contributed by atoms with Crippen LogP contribution >= 0.6 is 11.6 Å². The summed E-state index contributed by atoms with van der Waals surface area (Å²) in [7, 11) is 0. The summed E-state index contributed by atoms with van der Waals surface area (Å²) in [5, 5.41) is 3.08. The lowest BCUT2D eigenvalue weighted by Gasteiger charge is -2.09. The standard InChI is InChI=1S/C13H13ClFNO3/c14-10-7-9(15)4-3-8(10)6-12(17)19-13(18)11-2-1-5-16-11/h3-4,7,11,16H,1-2,5-6H2/t11-/m1/s1. The Hall–Kier alpha value is -1.46. The van der Waals surface area contributed by atoms with E-state index in [1.165, 1.54) is 12.1 Å². The van der Waals surface area contributed by atoms with Gasteiger partial charge in [-0.2, -0.15) is 0 Å². The minimum Gasteiger partial charge on any atom is -0.392 e. The first-order valence-electron chi connectivity index (χ1n) is 5.98. The molecule has 19 heavy (non-hydrogen) atoms. The molecule has 0 unspecified atom stereocenters. The molecular formula is C13H13ClFNO3. The van der Waals surface area contributed by atoms with Gasteiger partial charge in [0.25, 0.3) is 0 Å². The summed E-state index contributed by atoms with van der Waals surface area (Å²) in [6.45, 7) is 0.748. The number of esters is 2. The first kappa shape index (κ1) is 14.0. The number of rotatable bonds is 3. The van der Waals surface area contributed by atoms with E-state index in [1.807, 2.05) is 0 Å². The molecule has 1 aromatic rings. The molecule has 6 heteroatoms. The number of hydrogen-bond acceptors (Lipinski definition) is 4. The Bertz CT molecular complexity index is 501. The van der Waals surface area contributed by atoms with E-state index in [2.05, 4.69) is 5.32 Å². The summed E-state index contributed by atoms with van der Waals surface area (Å²) < 4.78 is 17.6. The molecule has 102 valence electrons. The Morgan fingerprint density at radius 3 is 2.89 bits per heavy atom. The van der Waals surface area contributed by atoms with Crippen LogP contribution in [0.15, 0.2) is 18.2 Å². The van der Waals surface area contributed by atoms with Gasteiger partial charge in [0.1, 0.15) is 11.9 Å². The summed E-state index contributed by atoms with van der Waals surface area (Å²) >= 11 is 5.79. The fourth-order valence-electron chi connectivity index (χ4n) is 1.93. The Kier molecular flexibility index (Phi) is 4.50. The number of halogens is 2. The molecule has 4 nitrogen and oxygen atoms in total. The average molecular weight is 286 g/mol. The van der Waals surface area contributed by atoms with Crippen LogP contribution in [0.25, 0.3) is 0 Å². The van der Waals surface area contributed by atoms with Crippen LogP contribution in [0.5, 0.6) is 0 Å². The lowest BCUT2D eigenvalue weighted by Crippen LogP contribution is -2.34. The van der Waals surface area contributed by atoms with Crippen LogP contribution in [-0.2, 0) is 20.7 Å². The largest absolute Gasteiger partial charge is 0.392 e. The van der Waals surface area contributed by atoms with E-state index in [1.54, 1.807) is 0 Å². The zero-order chi connectivity index (χ0) is 13.8. The minimum atomic E-state index is -0.688. The monoisotopic (exact) mass is 285 g/mol. The second-order valence-electron chi connectivity index (χ2n) is 4.35. The number of ether oxygens (including phenoxy) is 1. The van der Waals surface area contributed by atoms with Crippen LogP contribution < -0.4 is 5.32 Å². The van der Waals surface area contributed by atoms with Crippen molar-refractivity contribution >= 4 is 23.5 Å². The van der Waals surface area contributed by atoms with Gasteiger partial charge in [0.05, 0.1) is 6.42 Å². The highest BCUT2D eigenvalue weighted by molar-refractivity contribution is 6.31. The second-order valence-corrected chi connectivity index (χ2v) is 4.76. The average Bonchev–Trinajstić information content (AvgIpc) is 2.86. The molecule has 1 N–H and O–H groups in total. The molecule has 0 aromatic heterocycles. The molecule has 0 saturated carbocycles. The predicted octanol–water partition coefficient (Wildman–Crippen LogP) is 1.84. The molecule has 0 aliphatic carbocycles. The quantitative estimate of drug-likeness (QED) is 0.680. The third-order valence-corrected chi connectivity index (χ3v) is 3.26. The highest BCUT2D eigenvalue weighted by Gasteiger charge is 2.25. The fraction of sp³-hybridized carbons (Fsp3) is 0.385. The maximum Gasteiger partial charge on any atom is 0.330 e. The molecule has 1 fully saturated rings. The second kappa shape index (κ2) is 6.12. The topological polar surface area (TPSA) is 55.4 Å². The van der Waals surface area contributed by atoms with Gasteiger partial charge in [0, 0.05) is 5.02 Å². The van der Waals surface area contributed by atoms with Crippen molar-refractivity contribution in [3.05, 3.63) is 34.6 Å². The molecule has 0 radical (unpaired) electrons. The summed E-state index contributed by atoms with van der Waals surface area (Å²) in [5.74, 6) is -1.73. The maximum atomic E-state index is 12.8. The fourth-order valence-corrected chi connectivity index (χ4v) is 2.16. The molecule has 1 heterocycles. The van der Waals surface area contributed by atoms with Gasteiger partial charge in [-0.1, -0.05) is 17.7 Å². The minimum absolute atomic E-state index is 0.142. The Labute approximate surface area is 114 Å². The van der Waals surface area contributed by atoms with E-state index < -0.39 is 23.8 Å². The number of carbonyl (C=O) groups is 2. The van der Waals surface area contributed by atoms with Crippen molar-refractivity contribution in [1.82, 2.24) is 5.32 Å². The summed E-state index contributed by atoms with van der Waals surface area (Å²) in [5.41, 5.74) is 0.431. The van der Waals surface area contributed by atoms with E-state index in [9.17, 15) is 14.0 Å². The first-order valence-corrected chi connectivity index (χ1v) is 6.36. The highest BCUT2D eigenvalue weighted by atomic mass is 35.5. The zero-order valence-corrected chi connectivity index (χ0v) is 10.9. The molecule has 1 saturated heterocycles. The number of nitrogens with one attached hydrogen (secondary N) is 1. The molecule has 0 bridgehead atoms. The van der Waals surface area contributed by atoms with Crippen LogP contribution in [0.3, 0.4) is 0 Å². The van der Waals surface area contributed by atoms with Gasteiger partial charge in [0.2, 0.25) is 0 Å². The van der Waals surface area contributed by atoms with Gasteiger partial charge in [-0.15, -0.1) is 0 Å². The van der Waals surface area contributed by atoms with Crippen LogP contribution in [0.2, 0.25) is 5.02 Å². The molecule has 1 aromatic carbocycles. The van der Waals surface area contributed by atoms with E-state index in [-0.39, 0.29) is 11.4 Å². The van der Waals surface area contributed by atoms with Gasteiger partial charge in [0.15, 0.2) is 0 Å². The van der Waals surface area contributed by atoms with E-state index >= 15 is 0 Å². The molecule has 1 atom stereocenters. The maximum absolute atomic E-state index is 12.8. The Morgan fingerprint density at radius 2 is 2.26 bits per heavy atom. The smallest absolute Gasteiger partial charge is 0.330 e. The van der Waals surface area contributed by atoms with Crippen LogP contribution in [-0.4, -0.2) is 24.5 Å². The van der Waals surface area contributed by atoms with E-state index in [0.29, 0.717) is 12.0 Å². The van der Waals surface area contributed by atoms with Crippen LogP contribution in [0.4, 0.5) is 4.39 Å². The molecule has 1 aliphatic heterocycles. The van der Waals surface area contributed by atoms with Crippen molar-refractivity contribution < 1.29 is 18.7 Å². The Balaban J connectivity index is 1.91. The van der Waals surface area contributed by atoms with Gasteiger partial charge in [-0.25, -0.2) is 9.18 Å². The van der Waals surface area contributed by atoms with Crippen molar-refractivity contribution in [2.75, 3.05) is 6.54 Å². The first-order chi connectivity index (χ1) is 9.06. The van der Waals surface area contributed by atoms with E-state index in [0.717, 1.165) is 19.0 Å². The molecule has 1 aliphatic rings. The third-order valence-electron chi connectivity index (χ3n) is 2.91. The van der Waals surface area contributed by atoms with Crippen molar-refractivity contribution in [3.8, 4) is 0 Å². The van der Waals surface area contributed by atoms with Crippen molar-refractivity contribution in [1.29, 1.82) is 0 Å². The zero-order valence-electron chi connectivity index (χ0n) is 10.1. The van der Waals surface area contributed by atoms with Crippen molar-refractivity contribution in [2.24, 2.45) is 0 Å². The summed E-state index contributed by atoms with van der Waals surface area (Å²) in [6, 6.07) is 3.31. The highest BCUT2D eigenvalue weighted by Crippen LogP contribution is 2.18. The lowest BCUT2D eigenvalue weighted by atomic mass is 10.1. The van der Waals surface area contributed by atoms with Gasteiger partial charge in [-0.05, 0) is 37.1 Å². The number of benzene rings is 1. The molecule has 2 rings (SSSR count). The van der Waals surface area contributed by atoms with Gasteiger partial charge < -0.3 is 10.1 Å². The summed E-state index contributed by atoms with van der Waals surface area (Å²) in [6.07, 6.45) is 1.40. The predicted molar refractivity (Wildman–Crippen MR) is 67.2 cm³/mol. The number of carbonyl (C=O) groups excluding carboxylic acids is 2. The number of hydrogen-bond donors (Lipinski definition) is 1. The Morgan fingerprint density at radius 1 is 1.47 bits per heavy atom. The summed E-state index contributed by atoms with van der Waals surface area (Å²) in [4.78, 5) is 23.2. The third kappa shape index (κ3) is 3.75. The van der Waals surface area contributed by atoms with Gasteiger partial charge in [-0.3, -0.25) is 4.79 Å². The SMILES string of the molecule is O=C(Cc1ccc(F)cc1Cl)OC(=O)[C@H]1CCCN1. The molecule has 0 amide bonds. The normalized spacial score (nSPS) is 18.3.